The average Bonchev–Trinajstić information content (AvgIpc) is 2.87. The highest BCUT2D eigenvalue weighted by molar-refractivity contribution is 6.08. The number of amides is 3. The van der Waals surface area contributed by atoms with Gasteiger partial charge in [-0.05, 0) is 6.42 Å². The van der Waals surface area contributed by atoms with E-state index in [1.807, 2.05) is 0 Å². The van der Waals surface area contributed by atoms with Crippen molar-refractivity contribution in [3.63, 3.8) is 0 Å². The maximum atomic E-state index is 12.4. The predicted molar refractivity (Wildman–Crippen MR) is 63.1 cm³/mol. The Kier molecular flexibility index (Phi) is 3.01. The van der Waals surface area contributed by atoms with E-state index in [1.54, 1.807) is 20.2 Å². The third kappa shape index (κ3) is 1.94. The molecule has 1 fully saturated rings. The van der Waals surface area contributed by atoms with Gasteiger partial charge < -0.3 is 10.4 Å². The molecule has 3 amide bonds. The molecule has 0 radical (unpaired) electrons. The molecule has 1 aliphatic rings. The maximum Gasteiger partial charge on any atom is 0.325 e. The number of hydrogen-bond donors (Lipinski definition) is 2. The van der Waals surface area contributed by atoms with Crippen LogP contribution in [-0.2, 0) is 22.2 Å². The van der Waals surface area contributed by atoms with E-state index in [0.717, 1.165) is 0 Å². The molecule has 1 atom stereocenters. The molecular formula is C11H14N4O4. The number of carboxylic acids is 1. The highest BCUT2D eigenvalue weighted by Gasteiger charge is 2.52. The summed E-state index contributed by atoms with van der Waals surface area (Å²) in [5.41, 5.74) is -0.676. The van der Waals surface area contributed by atoms with Crippen LogP contribution in [-0.4, -0.2) is 44.2 Å². The van der Waals surface area contributed by atoms with E-state index in [9.17, 15) is 14.4 Å². The molecule has 1 aromatic heterocycles. The van der Waals surface area contributed by atoms with Crippen molar-refractivity contribution in [3.05, 3.63) is 18.0 Å². The second-order valence-electron chi connectivity index (χ2n) is 4.38. The molecule has 0 aliphatic carbocycles. The van der Waals surface area contributed by atoms with Gasteiger partial charge in [0.2, 0.25) is 0 Å². The molecule has 19 heavy (non-hydrogen) atoms. The van der Waals surface area contributed by atoms with E-state index < -0.39 is 30.0 Å². The molecule has 0 spiro atoms. The molecule has 102 valence electrons. The van der Waals surface area contributed by atoms with Gasteiger partial charge in [0.25, 0.3) is 5.91 Å². The Labute approximate surface area is 109 Å². The summed E-state index contributed by atoms with van der Waals surface area (Å²) in [6.07, 6.45) is 3.44. The van der Waals surface area contributed by atoms with Gasteiger partial charge in [0.05, 0.1) is 6.20 Å². The van der Waals surface area contributed by atoms with Crippen LogP contribution in [0.2, 0.25) is 0 Å². The zero-order valence-corrected chi connectivity index (χ0v) is 10.6. The molecular weight excluding hydrogens is 252 g/mol. The van der Waals surface area contributed by atoms with Crippen molar-refractivity contribution in [3.8, 4) is 0 Å². The molecule has 1 aliphatic heterocycles. The summed E-state index contributed by atoms with van der Waals surface area (Å²) < 4.78 is 1.52. The topological polar surface area (TPSA) is 105 Å². The lowest BCUT2D eigenvalue weighted by Gasteiger charge is -2.23. The first-order valence-electron chi connectivity index (χ1n) is 5.75. The Morgan fingerprint density at radius 1 is 1.53 bits per heavy atom. The molecule has 1 aromatic rings. The average molecular weight is 266 g/mol. The largest absolute Gasteiger partial charge is 0.480 e. The fraction of sp³-hybridized carbons (Fsp3) is 0.455. The van der Waals surface area contributed by atoms with Crippen LogP contribution in [0.5, 0.6) is 0 Å². The van der Waals surface area contributed by atoms with Crippen molar-refractivity contribution < 1.29 is 19.5 Å². The van der Waals surface area contributed by atoms with E-state index in [0.29, 0.717) is 16.9 Å². The number of carboxylic acid groups (broad SMARTS) is 1. The van der Waals surface area contributed by atoms with Crippen LogP contribution in [0.15, 0.2) is 12.4 Å². The fourth-order valence-corrected chi connectivity index (χ4v) is 2.19. The van der Waals surface area contributed by atoms with Crippen LogP contribution in [0.1, 0.15) is 18.9 Å². The molecule has 2 N–H and O–H groups in total. The zero-order chi connectivity index (χ0) is 14.2. The maximum absolute atomic E-state index is 12.4. The molecule has 8 heteroatoms. The molecule has 0 bridgehead atoms. The molecule has 0 saturated carbocycles. The predicted octanol–water partition coefficient (Wildman–Crippen LogP) is -0.338. The van der Waals surface area contributed by atoms with E-state index in [-0.39, 0.29) is 0 Å². The summed E-state index contributed by atoms with van der Waals surface area (Å²) in [6.45, 7) is 1.10. The van der Waals surface area contributed by atoms with Gasteiger partial charge in [0, 0.05) is 18.8 Å². The Hall–Kier alpha value is -2.38. The number of aryl methyl sites for hydroxylation is 1. The number of hydrogen-bond acceptors (Lipinski definition) is 4. The second-order valence-corrected chi connectivity index (χ2v) is 4.38. The van der Waals surface area contributed by atoms with Crippen LogP contribution in [0.25, 0.3) is 0 Å². The molecule has 2 rings (SSSR count). The van der Waals surface area contributed by atoms with Crippen molar-refractivity contribution >= 4 is 17.9 Å². The highest BCUT2D eigenvalue weighted by atomic mass is 16.4. The third-order valence-corrected chi connectivity index (χ3v) is 3.20. The molecule has 1 saturated heterocycles. The van der Waals surface area contributed by atoms with Crippen molar-refractivity contribution in [2.24, 2.45) is 7.05 Å². The number of aromatic nitrogens is 2. The van der Waals surface area contributed by atoms with Gasteiger partial charge in [0.15, 0.2) is 0 Å². The normalized spacial score (nSPS) is 22.7. The van der Waals surface area contributed by atoms with E-state index in [2.05, 4.69) is 10.4 Å². The number of aliphatic carboxylic acids is 1. The summed E-state index contributed by atoms with van der Waals surface area (Å²) in [6, 6.07) is -0.696. The smallest absolute Gasteiger partial charge is 0.325 e. The van der Waals surface area contributed by atoms with Crippen LogP contribution < -0.4 is 5.32 Å². The number of nitrogens with one attached hydrogen (secondary N) is 1. The molecule has 2 heterocycles. The molecule has 1 unspecified atom stereocenters. The Bertz CT molecular complexity index is 553. The van der Waals surface area contributed by atoms with Crippen molar-refractivity contribution in [2.75, 3.05) is 6.54 Å². The van der Waals surface area contributed by atoms with E-state index in [1.165, 1.54) is 10.9 Å². The highest BCUT2D eigenvalue weighted by Crippen LogP contribution is 2.31. The van der Waals surface area contributed by atoms with Crippen LogP contribution in [0, 0.1) is 0 Å². The number of nitrogens with zero attached hydrogens (tertiary/aromatic N) is 3. The van der Waals surface area contributed by atoms with Crippen molar-refractivity contribution in [2.45, 2.75) is 18.9 Å². The summed E-state index contributed by atoms with van der Waals surface area (Å²) in [5.74, 6) is -1.79. The van der Waals surface area contributed by atoms with Gasteiger partial charge in [-0.15, -0.1) is 0 Å². The first-order chi connectivity index (χ1) is 8.90. The van der Waals surface area contributed by atoms with E-state index in [4.69, 9.17) is 5.11 Å². The first-order valence-corrected chi connectivity index (χ1v) is 5.75. The summed E-state index contributed by atoms with van der Waals surface area (Å²) >= 11 is 0. The monoisotopic (exact) mass is 266 g/mol. The van der Waals surface area contributed by atoms with Gasteiger partial charge in [-0.25, -0.2) is 4.79 Å². The minimum absolute atomic E-state index is 0.319. The van der Waals surface area contributed by atoms with Gasteiger partial charge in [-0.3, -0.25) is 19.2 Å². The van der Waals surface area contributed by atoms with Gasteiger partial charge in [0.1, 0.15) is 12.1 Å². The number of urea groups is 1. The van der Waals surface area contributed by atoms with Crippen LogP contribution in [0.3, 0.4) is 0 Å². The lowest BCUT2D eigenvalue weighted by Crippen LogP contribution is -2.43. The molecule has 0 aromatic carbocycles. The second kappa shape index (κ2) is 4.38. The number of rotatable bonds is 4. The van der Waals surface area contributed by atoms with Crippen LogP contribution in [0.4, 0.5) is 4.79 Å². The lowest BCUT2D eigenvalue weighted by atomic mass is 9.89. The van der Waals surface area contributed by atoms with Crippen molar-refractivity contribution in [1.29, 1.82) is 0 Å². The van der Waals surface area contributed by atoms with Crippen LogP contribution >= 0.6 is 0 Å². The number of carbonyl (C=O) groups excluding carboxylic acids is 2. The number of carbonyl (C=O) groups is 3. The standard InChI is InChI=1S/C11H14N4O4/c1-3-11(7-4-12-14(2)5-7)9(18)15(6-8(16)17)10(19)13-11/h4-5H,3,6H2,1-2H3,(H,13,19)(H,16,17). The SMILES string of the molecule is CCC1(c2cnn(C)c2)NC(=O)N(CC(=O)O)C1=O. The summed E-state index contributed by atoms with van der Waals surface area (Å²) in [5, 5.41) is 15.3. The van der Waals surface area contributed by atoms with Gasteiger partial charge in [-0.1, -0.05) is 6.92 Å². The Morgan fingerprint density at radius 2 is 2.21 bits per heavy atom. The Balaban J connectivity index is 2.40. The molecule has 8 nitrogen and oxygen atoms in total. The minimum atomic E-state index is -1.23. The van der Waals surface area contributed by atoms with Crippen molar-refractivity contribution in [1.82, 2.24) is 20.0 Å². The quantitative estimate of drug-likeness (QED) is 0.725. The zero-order valence-electron chi connectivity index (χ0n) is 10.6. The first kappa shape index (κ1) is 13.1. The third-order valence-electron chi connectivity index (χ3n) is 3.20. The minimum Gasteiger partial charge on any atom is -0.480 e. The number of imide groups is 1. The van der Waals surface area contributed by atoms with Gasteiger partial charge in [-0.2, -0.15) is 5.10 Å². The lowest BCUT2D eigenvalue weighted by molar-refractivity contribution is -0.143. The Morgan fingerprint density at radius 3 is 2.68 bits per heavy atom. The van der Waals surface area contributed by atoms with E-state index >= 15 is 0 Å². The fourth-order valence-electron chi connectivity index (χ4n) is 2.19. The van der Waals surface area contributed by atoms with Gasteiger partial charge >= 0.3 is 12.0 Å². The summed E-state index contributed by atoms with van der Waals surface area (Å²) in [4.78, 5) is 35.5. The summed E-state index contributed by atoms with van der Waals surface area (Å²) in [7, 11) is 1.70.